The highest BCUT2D eigenvalue weighted by Gasteiger charge is 2.42. The Balaban J connectivity index is 2.03. The lowest BCUT2D eigenvalue weighted by atomic mass is 10.2. The van der Waals surface area contributed by atoms with Gasteiger partial charge in [-0.1, -0.05) is 0 Å². The molecule has 8 heteroatoms. The van der Waals surface area contributed by atoms with Crippen molar-refractivity contribution < 1.29 is 13.2 Å². The van der Waals surface area contributed by atoms with Crippen LogP contribution in [0.15, 0.2) is 18.5 Å². The fraction of sp³-hybridized carbons (Fsp3) is 0.455. The molecule has 1 saturated carbocycles. The minimum atomic E-state index is -4.46. The van der Waals surface area contributed by atoms with E-state index in [0.29, 0.717) is 17.9 Å². The van der Waals surface area contributed by atoms with Crippen LogP contribution in [0.5, 0.6) is 0 Å². The third-order valence-electron chi connectivity index (χ3n) is 3.31. The van der Waals surface area contributed by atoms with Crippen molar-refractivity contribution in [3.05, 3.63) is 24.2 Å². The Kier molecular flexibility index (Phi) is 2.46. The lowest BCUT2D eigenvalue weighted by Crippen LogP contribution is -2.31. The van der Waals surface area contributed by atoms with E-state index in [1.165, 1.54) is 16.9 Å². The molecule has 1 aliphatic rings. The van der Waals surface area contributed by atoms with Gasteiger partial charge in [-0.15, -0.1) is 0 Å². The topological polar surface area (TPSA) is 68.2 Å². The maximum absolute atomic E-state index is 12.6. The molecule has 102 valence electrons. The summed E-state index contributed by atoms with van der Waals surface area (Å²) in [5.41, 5.74) is 4.79. The fourth-order valence-corrected chi connectivity index (χ4v) is 1.94. The normalized spacial score (nSPS) is 17.7. The van der Waals surface area contributed by atoms with Gasteiger partial charge >= 0.3 is 6.18 Å². The van der Waals surface area contributed by atoms with Crippen molar-refractivity contribution in [2.75, 3.05) is 11.9 Å². The SMILES string of the molecule is NCC1(Nc2nccn3nc(C(F)(F)F)cc23)CC1. The molecule has 3 rings (SSSR count). The maximum atomic E-state index is 12.6. The van der Waals surface area contributed by atoms with Gasteiger partial charge in [0, 0.05) is 25.0 Å². The monoisotopic (exact) mass is 271 g/mol. The van der Waals surface area contributed by atoms with E-state index in [9.17, 15) is 13.2 Å². The van der Waals surface area contributed by atoms with Crippen LogP contribution in [0.2, 0.25) is 0 Å². The lowest BCUT2D eigenvalue weighted by Gasteiger charge is -2.15. The minimum Gasteiger partial charge on any atom is -0.362 e. The van der Waals surface area contributed by atoms with E-state index in [4.69, 9.17) is 5.73 Å². The summed E-state index contributed by atoms with van der Waals surface area (Å²) < 4.78 is 39.1. The van der Waals surface area contributed by atoms with Gasteiger partial charge in [-0.3, -0.25) is 0 Å². The highest BCUT2D eigenvalue weighted by Crippen LogP contribution is 2.38. The molecule has 0 aliphatic heterocycles. The molecule has 0 bridgehead atoms. The van der Waals surface area contributed by atoms with Gasteiger partial charge in [-0.05, 0) is 12.8 Å². The molecule has 0 amide bonds. The molecule has 1 fully saturated rings. The standard InChI is InChI=1S/C11H12F3N5/c12-11(13,14)8-5-7-9(16-3-4-19(7)18-8)17-10(6-15)1-2-10/h3-5H,1-2,6,15H2,(H,16,17). The third-order valence-corrected chi connectivity index (χ3v) is 3.31. The second kappa shape index (κ2) is 3.83. The van der Waals surface area contributed by atoms with Gasteiger partial charge in [0.2, 0.25) is 0 Å². The van der Waals surface area contributed by atoms with Crippen LogP contribution in [0.3, 0.4) is 0 Å². The number of halogens is 3. The van der Waals surface area contributed by atoms with Crippen molar-refractivity contribution in [3.63, 3.8) is 0 Å². The highest BCUT2D eigenvalue weighted by molar-refractivity contribution is 5.69. The Morgan fingerprint density at radius 1 is 1.42 bits per heavy atom. The molecular formula is C11H12F3N5. The van der Waals surface area contributed by atoms with Gasteiger partial charge < -0.3 is 11.1 Å². The number of fused-ring (bicyclic) bond motifs is 1. The quantitative estimate of drug-likeness (QED) is 0.890. The summed E-state index contributed by atoms with van der Waals surface area (Å²) in [6.07, 6.45) is 0.125. The molecule has 2 aromatic rings. The summed E-state index contributed by atoms with van der Waals surface area (Å²) in [6, 6.07) is 0.988. The smallest absolute Gasteiger partial charge is 0.362 e. The molecule has 0 unspecified atom stereocenters. The molecule has 3 N–H and O–H groups in total. The average molecular weight is 271 g/mol. The molecule has 0 atom stereocenters. The van der Waals surface area contributed by atoms with E-state index in [1.54, 1.807) is 0 Å². The van der Waals surface area contributed by atoms with Gasteiger partial charge in [0.05, 0.1) is 5.54 Å². The number of nitrogens with one attached hydrogen (secondary N) is 1. The zero-order valence-electron chi connectivity index (χ0n) is 9.91. The van der Waals surface area contributed by atoms with Crippen LogP contribution in [-0.4, -0.2) is 26.7 Å². The third kappa shape index (κ3) is 2.12. The number of anilines is 1. The predicted octanol–water partition coefficient (Wildman–Crippen LogP) is 1.65. The van der Waals surface area contributed by atoms with Crippen LogP contribution in [-0.2, 0) is 6.18 Å². The van der Waals surface area contributed by atoms with E-state index in [1.807, 2.05) is 0 Å². The van der Waals surface area contributed by atoms with Crippen molar-refractivity contribution in [3.8, 4) is 0 Å². The van der Waals surface area contributed by atoms with E-state index in [-0.39, 0.29) is 5.54 Å². The first kappa shape index (κ1) is 12.2. The van der Waals surface area contributed by atoms with E-state index >= 15 is 0 Å². The lowest BCUT2D eigenvalue weighted by molar-refractivity contribution is -0.141. The van der Waals surface area contributed by atoms with Crippen molar-refractivity contribution in [1.29, 1.82) is 0 Å². The summed E-state index contributed by atoms with van der Waals surface area (Å²) in [5.74, 6) is 0.383. The Labute approximate surface area is 106 Å². The largest absolute Gasteiger partial charge is 0.435 e. The first-order valence-electron chi connectivity index (χ1n) is 5.83. The molecule has 2 heterocycles. The fourth-order valence-electron chi connectivity index (χ4n) is 1.94. The molecule has 1 aliphatic carbocycles. The molecular weight excluding hydrogens is 259 g/mol. The van der Waals surface area contributed by atoms with Gasteiger partial charge in [-0.25, -0.2) is 9.50 Å². The van der Waals surface area contributed by atoms with Gasteiger partial charge in [0.25, 0.3) is 0 Å². The second-order valence-corrected chi connectivity index (χ2v) is 4.74. The van der Waals surface area contributed by atoms with Crippen LogP contribution in [0.4, 0.5) is 19.0 Å². The van der Waals surface area contributed by atoms with Crippen molar-refractivity contribution in [2.45, 2.75) is 24.6 Å². The maximum Gasteiger partial charge on any atom is 0.435 e. The number of hydrogen-bond acceptors (Lipinski definition) is 4. The molecule has 0 saturated heterocycles. The van der Waals surface area contributed by atoms with Gasteiger partial charge in [-0.2, -0.15) is 18.3 Å². The summed E-state index contributed by atoms with van der Waals surface area (Å²) in [5, 5.41) is 6.62. The summed E-state index contributed by atoms with van der Waals surface area (Å²) in [7, 11) is 0. The Morgan fingerprint density at radius 3 is 2.74 bits per heavy atom. The average Bonchev–Trinajstić information content (AvgIpc) is 2.96. The zero-order chi connectivity index (χ0) is 13.7. The predicted molar refractivity (Wildman–Crippen MR) is 62.6 cm³/mol. The van der Waals surface area contributed by atoms with Crippen molar-refractivity contribution in [2.24, 2.45) is 5.73 Å². The first-order chi connectivity index (χ1) is 8.93. The number of nitrogens with two attached hydrogens (primary N) is 1. The van der Waals surface area contributed by atoms with Crippen LogP contribution < -0.4 is 11.1 Å². The van der Waals surface area contributed by atoms with Crippen LogP contribution in [0.1, 0.15) is 18.5 Å². The number of hydrogen-bond donors (Lipinski definition) is 2. The van der Waals surface area contributed by atoms with Crippen LogP contribution >= 0.6 is 0 Å². The Bertz CT molecular complexity index is 614. The molecule has 0 radical (unpaired) electrons. The van der Waals surface area contributed by atoms with Gasteiger partial charge in [0.15, 0.2) is 11.5 Å². The zero-order valence-corrected chi connectivity index (χ0v) is 9.91. The van der Waals surface area contributed by atoms with E-state index < -0.39 is 11.9 Å². The molecule has 0 aromatic carbocycles. The van der Waals surface area contributed by atoms with E-state index in [0.717, 1.165) is 18.9 Å². The second-order valence-electron chi connectivity index (χ2n) is 4.74. The van der Waals surface area contributed by atoms with Crippen LogP contribution in [0.25, 0.3) is 5.52 Å². The van der Waals surface area contributed by atoms with E-state index in [2.05, 4.69) is 15.4 Å². The van der Waals surface area contributed by atoms with Gasteiger partial charge in [0.1, 0.15) is 5.52 Å². The number of nitrogens with zero attached hydrogens (tertiary/aromatic N) is 3. The van der Waals surface area contributed by atoms with Crippen molar-refractivity contribution in [1.82, 2.24) is 14.6 Å². The molecule has 0 spiro atoms. The molecule has 5 nitrogen and oxygen atoms in total. The highest BCUT2D eigenvalue weighted by atomic mass is 19.4. The summed E-state index contributed by atoms with van der Waals surface area (Å²) in [6.45, 7) is 0.427. The van der Waals surface area contributed by atoms with Crippen molar-refractivity contribution >= 4 is 11.3 Å². The number of rotatable bonds is 3. The molecule has 19 heavy (non-hydrogen) atoms. The number of alkyl halides is 3. The molecule has 2 aromatic heterocycles. The summed E-state index contributed by atoms with van der Waals surface area (Å²) >= 11 is 0. The minimum absolute atomic E-state index is 0.225. The Hall–Kier alpha value is -1.83. The Morgan fingerprint density at radius 2 is 2.16 bits per heavy atom. The number of aromatic nitrogens is 3. The summed E-state index contributed by atoms with van der Waals surface area (Å²) in [4.78, 5) is 4.08. The van der Waals surface area contributed by atoms with Crippen LogP contribution in [0, 0.1) is 0 Å². The first-order valence-corrected chi connectivity index (χ1v) is 5.83.